The normalized spacial score (nSPS) is 17.2. The van der Waals surface area contributed by atoms with Gasteiger partial charge in [-0.1, -0.05) is 30.3 Å². The SMILES string of the molecule is COC(C(=O)NCC(N)C1CC1)c1ccccc1.Cl. The molecule has 0 spiro atoms. The van der Waals surface area contributed by atoms with E-state index < -0.39 is 6.10 Å². The second kappa shape index (κ2) is 7.48. The summed E-state index contributed by atoms with van der Waals surface area (Å²) < 4.78 is 5.25. The van der Waals surface area contributed by atoms with Gasteiger partial charge in [-0.05, 0) is 24.3 Å². The highest BCUT2D eigenvalue weighted by molar-refractivity contribution is 5.85. The van der Waals surface area contributed by atoms with Crippen molar-refractivity contribution in [3.8, 4) is 0 Å². The van der Waals surface area contributed by atoms with Crippen LogP contribution >= 0.6 is 12.4 Å². The number of carbonyl (C=O) groups excluding carboxylic acids is 1. The number of carbonyl (C=O) groups is 1. The third kappa shape index (κ3) is 4.49. The third-order valence-electron chi connectivity index (χ3n) is 3.32. The van der Waals surface area contributed by atoms with Crippen LogP contribution in [-0.4, -0.2) is 25.6 Å². The van der Waals surface area contributed by atoms with E-state index in [0.29, 0.717) is 12.5 Å². The van der Waals surface area contributed by atoms with Crippen molar-refractivity contribution in [3.63, 3.8) is 0 Å². The summed E-state index contributed by atoms with van der Waals surface area (Å²) in [7, 11) is 1.54. The van der Waals surface area contributed by atoms with E-state index in [0.717, 1.165) is 5.56 Å². The van der Waals surface area contributed by atoms with Crippen molar-refractivity contribution >= 4 is 18.3 Å². The van der Waals surface area contributed by atoms with Crippen molar-refractivity contribution in [3.05, 3.63) is 35.9 Å². The molecule has 5 heteroatoms. The molecule has 3 N–H and O–H groups in total. The Hall–Kier alpha value is -1.10. The Labute approximate surface area is 120 Å². The molecule has 106 valence electrons. The van der Waals surface area contributed by atoms with Gasteiger partial charge in [0.15, 0.2) is 6.10 Å². The first-order valence-corrected chi connectivity index (χ1v) is 6.33. The van der Waals surface area contributed by atoms with Crippen LogP contribution in [0.15, 0.2) is 30.3 Å². The Morgan fingerprint density at radius 1 is 1.42 bits per heavy atom. The third-order valence-corrected chi connectivity index (χ3v) is 3.32. The molecule has 1 aromatic carbocycles. The summed E-state index contributed by atoms with van der Waals surface area (Å²) in [5.41, 5.74) is 6.81. The van der Waals surface area contributed by atoms with Gasteiger partial charge in [-0.15, -0.1) is 12.4 Å². The Balaban J connectivity index is 0.00000180. The Morgan fingerprint density at radius 2 is 2.05 bits per heavy atom. The quantitative estimate of drug-likeness (QED) is 0.835. The average Bonchev–Trinajstić information content (AvgIpc) is 3.22. The van der Waals surface area contributed by atoms with E-state index in [4.69, 9.17) is 10.5 Å². The highest BCUT2D eigenvalue weighted by Crippen LogP contribution is 2.31. The minimum atomic E-state index is -0.558. The number of amides is 1. The van der Waals surface area contributed by atoms with E-state index in [1.54, 1.807) is 0 Å². The lowest BCUT2D eigenvalue weighted by molar-refractivity contribution is -0.131. The molecule has 0 radical (unpaired) electrons. The maximum absolute atomic E-state index is 12.0. The van der Waals surface area contributed by atoms with Gasteiger partial charge in [0.2, 0.25) is 0 Å². The maximum Gasteiger partial charge on any atom is 0.253 e. The van der Waals surface area contributed by atoms with E-state index in [-0.39, 0.29) is 24.4 Å². The molecule has 0 aliphatic heterocycles. The molecule has 19 heavy (non-hydrogen) atoms. The molecule has 0 heterocycles. The molecule has 1 amide bonds. The van der Waals surface area contributed by atoms with Crippen molar-refractivity contribution in [2.24, 2.45) is 11.7 Å². The number of benzene rings is 1. The number of rotatable bonds is 6. The summed E-state index contributed by atoms with van der Waals surface area (Å²) in [6.45, 7) is 0.524. The first kappa shape index (κ1) is 16.0. The molecule has 2 unspecified atom stereocenters. The number of hydrogen-bond donors (Lipinski definition) is 2. The van der Waals surface area contributed by atoms with Crippen LogP contribution in [0, 0.1) is 5.92 Å². The summed E-state index contributed by atoms with van der Waals surface area (Å²) in [5, 5.41) is 2.86. The van der Waals surface area contributed by atoms with Crippen LogP contribution in [0.25, 0.3) is 0 Å². The molecule has 1 aliphatic rings. The Kier molecular flexibility index (Phi) is 6.28. The zero-order valence-electron chi connectivity index (χ0n) is 11.0. The molecule has 0 saturated heterocycles. The molecule has 0 aromatic heterocycles. The zero-order valence-corrected chi connectivity index (χ0v) is 11.9. The van der Waals surface area contributed by atoms with Crippen molar-refractivity contribution in [1.82, 2.24) is 5.32 Å². The number of halogens is 1. The average molecular weight is 285 g/mol. The van der Waals surface area contributed by atoms with Gasteiger partial charge in [-0.3, -0.25) is 4.79 Å². The van der Waals surface area contributed by atoms with E-state index in [2.05, 4.69) is 5.32 Å². The molecule has 1 saturated carbocycles. The lowest BCUT2D eigenvalue weighted by Crippen LogP contribution is -2.40. The number of ether oxygens (including phenoxy) is 1. The van der Waals surface area contributed by atoms with Gasteiger partial charge < -0.3 is 15.8 Å². The van der Waals surface area contributed by atoms with Crippen molar-refractivity contribution < 1.29 is 9.53 Å². The second-order valence-corrected chi connectivity index (χ2v) is 4.77. The molecule has 2 rings (SSSR count). The number of nitrogens with two attached hydrogens (primary N) is 1. The first-order valence-electron chi connectivity index (χ1n) is 6.33. The van der Waals surface area contributed by atoms with Gasteiger partial charge in [0.1, 0.15) is 0 Å². The molecule has 1 fully saturated rings. The largest absolute Gasteiger partial charge is 0.367 e. The predicted octanol–water partition coefficient (Wildman–Crippen LogP) is 1.65. The summed E-state index contributed by atoms with van der Waals surface area (Å²) >= 11 is 0. The summed E-state index contributed by atoms with van der Waals surface area (Å²) in [5.74, 6) is 0.461. The molecule has 2 atom stereocenters. The van der Waals surface area contributed by atoms with Crippen molar-refractivity contribution in [1.29, 1.82) is 0 Å². The van der Waals surface area contributed by atoms with Crippen LogP contribution in [0.3, 0.4) is 0 Å². The zero-order chi connectivity index (χ0) is 13.0. The van der Waals surface area contributed by atoms with Gasteiger partial charge in [0.25, 0.3) is 5.91 Å². The van der Waals surface area contributed by atoms with Gasteiger partial charge in [0, 0.05) is 19.7 Å². The molecule has 0 bridgehead atoms. The molecular formula is C14H21ClN2O2. The van der Waals surface area contributed by atoms with Crippen LogP contribution in [0.2, 0.25) is 0 Å². The standard InChI is InChI=1S/C14H20N2O2.ClH/c1-18-13(11-5-3-2-4-6-11)14(17)16-9-12(15)10-7-8-10;/h2-6,10,12-13H,7-9,15H2,1H3,(H,16,17);1H. The molecule has 1 aliphatic carbocycles. The topological polar surface area (TPSA) is 64.3 Å². The highest BCUT2D eigenvalue weighted by Gasteiger charge is 2.29. The molecule has 4 nitrogen and oxygen atoms in total. The van der Waals surface area contributed by atoms with E-state index >= 15 is 0 Å². The molecule has 1 aromatic rings. The van der Waals surface area contributed by atoms with E-state index in [1.165, 1.54) is 20.0 Å². The Bertz CT molecular complexity index is 396. The lowest BCUT2D eigenvalue weighted by atomic mass is 10.1. The van der Waals surface area contributed by atoms with Gasteiger partial charge in [-0.25, -0.2) is 0 Å². The van der Waals surface area contributed by atoms with Crippen LogP contribution in [0.1, 0.15) is 24.5 Å². The highest BCUT2D eigenvalue weighted by atomic mass is 35.5. The summed E-state index contributed by atoms with van der Waals surface area (Å²) in [6.07, 6.45) is 1.81. The lowest BCUT2D eigenvalue weighted by Gasteiger charge is -2.17. The number of methoxy groups -OCH3 is 1. The fraction of sp³-hybridized carbons (Fsp3) is 0.500. The monoisotopic (exact) mass is 284 g/mol. The van der Waals surface area contributed by atoms with Crippen molar-refractivity contribution in [2.45, 2.75) is 25.0 Å². The Morgan fingerprint density at radius 3 is 2.58 bits per heavy atom. The van der Waals surface area contributed by atoms with Crippen LogP contribution in [0.5, 0.6) is 0 Å². The van der Waals surface area contributed by atoms with Crippen LogP contribution in [-0.2, 0) is 9.53 Å². The number of nitrogens with one attached hydrogen (secondary N) is 1. The maximum atomic E-state index is 12.0. The summed E-state index contributed by atoms with van der Waals surface area (Å²) in [4.78, 5) is 12.0. The predicted molar refractivity (Wildman–Crippen MR) is 77.1 cm³/mol. The van der Waals surface area contributed by atoms with E-state index in [9.17, 15) is 4.79 Å². The second-order valence-electron chi connectivity index (χ2n) is 4.77. The summed E-state index contributed by atoms with van der Waals surface area (Å²) in [6, 6.07) is 9.54. The first-order chi connectivity index (χ1) is 8.72. The fourth-order valence-electron chi connectivity index (χ4n) is 2.02. The fourth-order valence-corrected chi connectivity index (χ4v) is 2.02. The molecular weight excluding hydrogens is 264 g/mol. The smallest absolute Gasteiger partial charge is 0.253 e. The van der Waals surface area contributed by atoms with Gasteiger partial charge >= 0.3 is 0 Å². The number of hydrogen-bond acceptors (Lipinski definition) is 3. The van der Waals surface area contributed by atoms with Crippen molar-refractivity contribution in [2.75, 3.05) is 13.7 Å². The minimum absolute atomic E-state index is 0. The van der Waals surface area contributed by atoms with Gasteiger partial charge in [0.05, 0.1) is 0 Å². The minimum Gasteiger partial charge on any atom is -0.367 e. The van der Waals surface area contributed by atoms with Crippen LogP contribution in [0.4, 0.5) is 0 Å². The van der Waals surface area contributed by atoms with E-state index in [1.807, 2.05) is 30.3 Å². The van der Waals surface area contributed by atoms with Gasteiger partial charge in [-0.2, -0.15) is 0 Å². The van der Waals surface area contributed by atoms with Crippen LogP contribution < -0.4 is 11.1 Å².